The topological polar surface area (TPSA) is 45.7 Å². The molecule has 0 atom stereocenters. The fourth-order valence-electron chi connectivity index (χ4n) is 1.72. The summed E-state index contributed by atoms with van der Waals surface area (Å²) in [6.45, 7) is 2.87. The predicted octanol–water partition coefficient (Wildman–Crippen LogP) is 3.50. The summed E-state index contributed by atoms with van der Waals surface area (Å²) in [6.07, 6.45) is -4.33. The van der Waals surface area contributed by atoms with Crippen LogP contribution in [0.3, 0.4) is 0 Å². The van der Waals surface area contributed by atoms with E-state index < -0.39 is 12.6 Å². The Hall–Kier alpha value is -1.19. The first kappa shape index (κ1) is 21.8. The van der Waals surface area contributed by atoms with Gasteiger partial charge in [0, 0.05) is 20.1 Å². The zero-order valence-corrected chi connectivity index (χ0v) is 15.6. The number of nitrogens with one attached hydrogen (secondary N) is 2. The summed E-state index contributed by atoms with van der Waals surface area (Å²) in [5.41, 5.74) is 1.07. The van der Waals surface area contributed by atoms with E-state index in [-0.39, 0.29) is 30.5 Å². The van der Waals surface area contributed by atoms with Gasteiger partial charge in [-0.3, -0.25) is 4.99 Å². The van der Waals surface area contributed by atoms with E-state index in [0.717, 1.165) is 11.3 Å². The number of guanidine groups is 1. The first-order valence-electron chi connectivity index (χ1n) is 7.12. The van der Waals surface area contributed by atoms with Crippen LogP contribution in [-0.4, -0.2) is 38.9 Å². The van der Waals surface area contributed by atoms with Crippen molar-refractivity contribution in [2.24, 2.45) is 4.99 Å². The third kappa shape index (κ3) is 10.2. The van der Waals surface area contributed by atoms with E-state index in [1.54, 1.807) is 0 Å². The summed E-state index contributed by atoms with van der Waals surface area (Å²) in [4.78, 5) is 3.86. The smallest absolute Gasteiger partial charge is 0.390 e. The van der Waals surface area contributed by atoms with Gasteiger partial charge in [0.05, 0.1) is 13.0 Å². The molecule has 2 N–H and O–H groups in total. The van der Waals surface area contributed by atoms with Crippen LogP contribution in [0.25, 0.3) is 0 Å². The van der Waals surface area contributed by atoms with Crippen molar-refractivity contribution in [3.05, 3.63) is 29.8 Å². The van der Waals surface area contributed by atoms with Crippen molar-refractivity contribution >= 4 is 29.9 Å². The van der Waals surface area contributed by atoms with Crippen LogP contribution in [0.4, 0.5) is 13.2 Å². The van der Waals surface area contributed by atoms with Gasteiger partial charge in [0.25, 0.3) is 0 Å². The van der Waals surface area contributed by atoms with E-state index in [9.17, 15) is 13.2 Å². The third-order valence-electron chi connectivity index (χ3n) is 2.89. The molecule has 0 aliphatic carbocycles. The van der Waals surface area contributed by atoms with E-state index in [1.165, 1.54) is 7.05 Å². The van der Waals surface area contributed by atoms with Gasteiger partial charge >= 0.3 is 6.18 Å². The number of hydrogen-bond donors (Lipinski definition) is 2. The van der Waals surface area contributed by atoms with Crippen LogP contribution in [0.15, 0.2) is 29.3 Å². The highest BCUT2D eigenvalue weighted by molar-refractivity contribution is 14.0. The van der Waals surface area contributed by atoms with Crippen LogP contribution in [-0.2, 0) is 0 Å². The maximum Gasteiger partial charge on any atom is 0.390 e. The fourth-order valence-corrected chi connectivity index (χ4v) is 1.72. The number of aliphatic imine (C=N–C) groups is 1. The molecule has 0 spiro atoms. The van der Waals surface area contributed by atoms with Crippen molar-refractivity contribution in [2.45, 2.75) is 25.9 Å². The molecule has 1 rings (SSSR count). The Kier molecular flexibility index (Phi) is 10.8. The zero-order chi connectivity index (χ0) is 16.4. The molecule has 1 aromatic rings. The van der Waals surface area contributed by atoms with Crippen molar-refractivity contribution in [1.82, 2.24) is 10.6 Å². The van der Waals surface area contributed by atoms with Gasteiger partial charge in [-0.25, -0.2) is 0 Å². The summed E-state index contributed by atoms with van der Waals surface area (Å²) in [5, 5.41) is 5.57. The first-order chi connectivity index (χ1) is 10.4. The van der Waals surface area contributed by atoms with Crippen LogP contribution in [0.5, 0.6) is 5.75 Å². The van der Waals surface area contributed by atoms with Crippen molar-refractivity contribution in [1.29, 1.82) is 0 Å². The molecule has 0 radical (unpaired) electrons. The summed E-state index contributed by atoms with van der Waals surface area (Å²) in [6, 6.07) is 7.73. The lowest BCUT2D eigenvalue weighted by Crippen LogP contribution is -2.39. The molecular weight excluding hydrogens is 422 g/mol. The van der Waals surface area contributed by atoms with E-state index in [4.69, 9.17) is 4.74 Å². The summed E-state index contributed by atoms with van der Waals surface area (Å²) < 4.78 is 41.7. The highest BCUT2D eigenvalue weighted by atomic mass is 127. The molecule has 0 saturated heterocycles. The lowest BCUT2D eigenvalue weighted by atomic mass is 10.2. The SMILES string of the molecule is CN=C(NCCCOc1ccccc1C)NCCC(F)(F)F.I. The van der Waals surface area contributed by atoms with Crippen molar-refractivity contribution in [3.8, 4) is 5.75 Å². The van der Waals surface area contributed by atoms with Crippen LogP contribution < -0.4 is 15.4 Å². The van der Waals surface area contributed by atoms with Gasteiger partial charge in [-0.05, 0) is 25.0 Å². The molecule has 0 aliphatic rings. The number of rotatable bonds is 7. The lowest BCUT2D eigenvalue weighted by molar-refractivity contribution is -0.132. The van der Waals surface area contributed by atoms with E-state index >= 15 is 0 Å². The average Bonchev–Trinajstić information content (AvgIpc) is 2.45. The van der Waals surface area contributed by atoms with E-state index in [0.29, 0.717) is 25.5 Å². The molecular formula is C15H23F3IN3O. The monoisotopic (exact) mass is 445 g/mol. The Balaban J connectivity index is 0.00000484. The minimum absolute atomic E-state index is 0. The summed E-state index contributed by atoms with van der Waals surface area (Å²) >= 11 is 0. The van der Waals surface area contributed by atoms with Gasteiger partial charge in [-0.1, -0.05) is 18.2 Å². The van der Waals surface area contributed by atoms with Gasteiger partial charge < -0.3 is 15.4 Å². The number of nitrogens with zero attached hydrogens (tertiary/aromatic N) is 1. The van der Waals surface area contributed by atoms with Gasteiger partial charge in [0.1, 0.15) is 5.75 Å². The van der Waals surface area contributed by atoms with Gasteiger partial charge in [-0.15, -0.1) is 24.0 Å². The second-order valence-electron chi connectivity index (χ2n) is 4.76. The van der Waals surface area contributed by atoms with Crippen LogP contribution in [0.1, 0.15) is 18.4 Å². The molecule has 0 aliphatic heterocycles. The van der Waals surface area contributed by atoms with Gasteiger partial charge in [0.15, 0.2) is 5.96 Å². The molecule has 23 heavy (non-hydrogen) atoms. The van der Waals surface area contributed by atoms with Gasteiger partial charge in [-0.2, -0.15) is 13.2 Å². The Bertz CT molecular complexity index is 481. The Morgan fingerprint density at radius 3 is 2.43 bits per heavy atom. The number of alkyl halides is 3. The van der Waals surface area contributed by atoms with E-state index in [1.807, 2.05) is 31.2 Å². The second kappa shape index (κ2) is 11.4. The molecule has 0 heterocycles. The molecule has 0 bridgehead atoms. The lowest BCUT2D eigenvalue weighted by Gasteiger charge is -2.13. The molecule has 0 fully saturated rings. The van der Waals surface area contributed by atoms with Crippen molar-refractivity contribution in [2.75, 3.05) is 26.7 Å². The van der Waals surface area contributed by atoms with Crippen molar-refractivity contribution < 1.29 is 17.9 Å². The second-order valence-corrected chi connectivity index (χ2v) is 4.76. The van der Waals surface area contributed by atoms with Gasteiger partial charge in [0.2, 0.25) is 0 Å². The first-order valence-corrected chi connectivity index (χ1v) is 7.12. The number of ether oxygens (including phenoxy) is 1. The fraction of sp³-hybridized carbons (Fsp3) is 0.533. The predicted molar refractivity (Wildman–Crippen MR) is 96.7 cm³/mol. The summed E-state index contributed by atoms with van der Waals surface area (Å²) in [7, 11) is 1.52. The van der Waals surface area contributed by atoms with Crippen LogP contribution in [0, 0.1) is 6.92 Å². The molecule has 0 aromatic heterocycles. The molecule has 0 saturated carbocycles. The minimum atomic E-state index is -4.16. The Morgan fingerprint density at radius 1 is 1.17 bits per heavy atom. The minimum Gasteiger partial charge on any atom is -0.493 e. The number of halogens is 4. The zero-order valence-electron chi connectivity index (χ0n) is 13.2. The molecule has 1 aromatic carbocycles. The normalized spacial score (nSPS) is 11.6. The highest BCUT2D eigenvalue weighted by Gasteiger charge is 2.26. The third-order valence-corrected chi connectivity index (χ3v) is 2.89. The Labute approximate surface area is 151 Å². The van der Waals surface area contributed by atoms with E-state index in [2.05, 4.69) is 15.6 Å². The number of para-hydroxylation sites is 1. The highest BCUT2D eigenvalue weighted by Crippen LogP contribution is 2.18. The molecule has 0 amide bonds. The summed E-state index contributed by atoms with van der Waals surface area (Å²) in [5.74, 6) is 1.20. The molecule has 4 nitrogen and oxygen atoms in total. The van der Waals surface area contributed by atoms with Crippen molar-refractivity contribution in [3.63, 3.8) is 0 Å². The average molecular weight is 445 g/mol. The maximum absolute atomic E-state index is 12.0. The largest absolute Gasteiger partial charge is 0.493 e. The maximum atomic E-state index is 12.0. The number of hydrogen-bond acceptors (Lipinski definition) is 2. The number of benzene rings is 1. The standard InChI is InChI=1S/C15H22F3N3O.HI/c1-12-6-3-4-7-13(12)22-11-5-9-20-14(19-2)21-10-8-15(16,17)18;/h3-4,6-7H,5,8-11H2,1-2H3,(H2,19,20,21);1H. The molecule has 132 valence electrons. The Morgan fingerprint density at radius 2 is 1.83 bits per heavy atom. The van der Waals surface area contributed by atoms with Crippen LogP contribution in [0.2, 0.25) is 0 Å². The number of aryl methyl sites for hydroxylation is 1. The van der Waals surface area contributed by atoms with Crippen LogP contribution >= 0.6 is 24.0 Å². The quantitative estimate of drug-likeness (QED) is 0.293. The molecule has 8 heteroatoms. The molecule has 0 unspecified atom stereocenters.